The number of carbonyl (C=O) groups excluding carboxylic acids is 1. The van der Waals surface area contributed by atoms with Crippen molar-refractivity contribution in [2.45, 2.75) is 6.92 Å². The van der Waals surface area contributed by atoms with Crippen molar-refractivity contribution in [1.82, 2.24) is 5.32 Å². The lowest BCUT2D eigenvalue weighted by Gasteiger charge is -2.12. The summed E-state index contributed by atoms with van der Waals surface area (Å²) in [5.41, 5.74) is -0.126. The highest BCUT2D eigenvalue weighted by molar-refractivity contribution is 5.89. The number of carbonyl (C=O) groups is 1. The van der Waals surface area contributed by atoms with Gasteiger partial charge in [0.2, 0.25) is 0 Å². The molecule has 5 nitrogen and oxygen atoms in total. The Morgan fingerprint density at radius 3 is 2.43 bits per heavy atom. The van der Waals surface area contributed by atoms with E-state index in [1.54, 1.807) is 24.3 Å². The van der Waals surface area contributed by atoms with Crippen molar-refractivity contribution in [2.75, 3.05) is 18.7 Å². The summed E-state index contributed by atoms with van der Waals surface area (Å²) in [5.74, 6) is -0.545. The zero-order valence-electron chi connectivity index (χ0n) is 12.4. The molecule has 122 valence electrons. The third kappa shape index (κ3) is 4.84. The smallest absolute Gasteiger partial charge is 0.321 e. The van der Waals surface area contributed by atoms with Gasteiger partial charge in [-0.25, -0.2) is 13.6 Å². The van der Waals surface area contributed by atoms with Crippen molar-refractivity contribution < 1.29 is 23.0 Å². The molecule has 23 heavy (non-hydrogen) atoms. The quantitative estimate of drug-likeness (QED) is 0.800. The first kappa shape index (κ1) is 16.5. The summed E-state index contributed by atoms with van der Waals surface area (Å²) in [5, 5.41) is 4.66. The topological polar surface area (TPSA) is 59.6 Å². The van der Waals surface area contributed by atoms with Crippen LogP contribution in [-0.4, -0.2) is 19.4 Å². The van der Waals surface area contributed by atoms with Gasteiger partial charge in [-0.15, -0.1) is 0 Å². The number of urea groups is 1. The zero-order chi connectivity index (χ0) is 16.7. The molecule has 2 aromatic carbocycles. The molecule has 0 atom stereocenters. The molecule has 0 aliphatic heterocycles. The van der Waals surface area contributed by atoms with Crippen molar-refractivity contribution in [3.05, 3.63) is 54.1 Å². The molecule has 2 amide bonds. The number of anilines is 1. The van der Waals surface area contributed by atoms with Gasteiger partial charge < -0.3 is 20.1 Å². The maximum absolute atomic E-state index is 13.4. The highest BCUT2D eigenvalue weighted by Crippen LogP contribution is 2.25. The van der Waals surface area contributed by atoms with Crippen LogP contribution in [0.1, 0.15) is 6.92 Å². The van der Waals surface area contributed by atoms with Crippen LogP contribution in [0.2, 0.25) is 0 Å². The Bertz CT molecular complexity index is 680. The van der Waals surface area contributed by atoms with Gasteiger partial charge in [0.05, 0.1) is 12.3 Å². The van der Waals surface area contributed by atoms with Gasteiger partial charge in [-0.2, -0.15) is 0 Å². The van der Waals surface area contributed by atoms with Crippen molar-refractivity contribution in [2.24, 2.45) is 0 Å². The average molecular weight is 322 g/mol. The fraction of sp³-hybridized carbons (Fsp3) is 0.188. The molecular weight excluding hydrogens is 306 g/mol. The number of ether oxygens (including phenoxy) is 2. The molecule has 0 aromatic heterocycles. The monoisotopic (exact) mass is 322 g/mol. The SMILES string of the molecule is CCOc1ccccc1OCNC(=O)Nc1ccc(F)cc1F. The minimum atomic E-state index is -0.859. The first-order valence-corrected chi connectivity index (χ1v) is 6.94. The van der Waals surface area contributed by atoms with Crippen LogP contribution in [0.4, 0.5) is 19.3 Å². The maximum atomic E-state index is 13.4. The lowest BCUT2D eigenvalue weighted by Crippen LogP contribution is -2.32. The van der Waals surface area contributed by atoms with Gasteiger partial charge >= 0.3 is 6.03 Å². The van der Waals surface area contributed by atoms with Crippen LogP contribution < -0.4 is 20.1 Å². The second-order valence-corrected chi connectivity index (χ2v) is 4.42. The Morgan fingerprint density at radius 1 is 1.09 bits per heavy atom. The summed E-state index contributed by atoms with van der Waals surface area (Å²) in [6, 6.07) is 9.20. The van der Waals surface area contributed by atoms with Gasteiger partial charge in [0.15, 0.2) is 18.2 Å². The Hall–Kier alpha value is -2.83. The highest BCUT2D eigenvalue weighted by Gasteiger charge is 2.08. The molecule has 0 unspecified atom stereocenters. The van der Waals surface area contributed by atoms with E-state index in [-0.39, 0.29) is 12.4 Å². The normalized spacial score (nSPS) is 10.0. The van der Waals surface area contributed by atoms with Crippen LogP contribution in [0, 0.1) is 11.6 Å². The van der Waals surface area contributed by atoms with E-state index in [0.717, 1.165) is 12.1 Å². The summed E-state index contributed by atoms with van der Waals surface area (Å²) in [4.78, 5) is 11.7. The molecule has 0 bridgehead atoms. The molecule has 7 heteroatoms. The first-order chi connectivity index (χ1) is 11.1. The summed E-state index contributed by atoms with van der Waals surface area (Å²) in [7, 11) is 0. The number of hydrogen-bond acceptors (Lipinski definition) is 3. The van der Waals surface area contributed by atoms with Gasteiger partial charge in [-0.1, -0.05) is 12.1 Å². The highest BCUT2D eigenvalue weighted by atomic mass is 19.1. The largest absolute Gasteiger partial charge is 0.490 e. The second kappa shape index (κ2) is 7.98. The van der Waals surface area contributed by atoms with E-state index in [2.05, 4.69) is 10.6 Å². The van der Waals surface area contributed by atoms with Crippen LogP contribution >= 0.6 is 0 Å². The molecule has 0 heterocycles. The minimum Gasteiger partial charge on any atom is -0.490 e. The fourth-order valence-corrected chi connectivity index (χ4v) is 1.78. The number of nitrogens with one attached hydrogen (secondary N) is 2. The van der Waals surface area contributed by atoms with Crippen molar-refractivity contribution in [3.63, 3.8) is 0 Å². The molecule has 0 aliphatic carbocycles. The van der Waals surface area contributed by atoms with E-state index >= 15 is 0 Å². The predicted molar refractivity (Wildman–Crippen MR) is 81.6 cm³/mol. The van der Waals surface area contributed by atoms with E-state index in [4.69, 9.17) is 9.47 Å². The van der Waals surface area contributed by atoms with Crippen molar-refractivity contribution in [1.29, 1.82) is 0 Å². The molecule has 0 aliphatic rings. The van der Waals surface area contributed by atoms with Crippen LogP contribution in [0.5, 0.6) is 11.5 Å². The molecule has 2 rings (SSSR count). The van der Waals surface area contributed by atoms with Gasteiger partial charge in [-0.05, 0) is 31.2 Å². The molecule has 0 fully saturated rings. The Kier molecular flexibility index (Phi) is 5.74. The van der Waals surface area contributed by atoms with Gasteiger partial charge in [0, 0.05) is 6.07 Å². The predicted octanol–water partition coefficient (Wildman–Crippen LogP) is 3.52. The summed E-state index contributed by atoms with van der Waals surface area (Å²) >= 11 is 0. The third-order valence-electron chi connectivity index (χ3n) is 2.79. The van der Waals surface area contributed by atoms with E-state index in [9.17, 15) is 13.6 Å². The molecule has 0 saturated heterocycles. The van der Waals surface area contributed by atoms with Gasteiger partial charge in [-0.3, -0.25) is 0 Å². The molecule has 0 radical (unpaired) electrons. The second-order valence-electron chi connectivity index (χ2n) is 4.42. The average Bonchev–Trinajstić information content (AvgIpc) is 2.52. The van der Waals surface area contributed by atoms with Crippen molar-refractivity contribution in [3.8, 4) is 11.5 Å². The Labute approximate surface area is 132 Å². The molecule has 2 aromatic rings. The molecular formula is C16H16F2N2O3. The van der Waals surface area contributed by atoms with Crippen LogP contribution in [0.25, 0.3) is 0 Å². The van der Waals surface area contributed by atoms with Crippen LogP contribution in [0.3, 0.4) is 0 Å². The number of halogens is 2. The number of rotatable bonds is 6. The Morgan fingerprint density at radius 2 is 1.78 bits per heavy atom. The zero-order valence-corrected chi connectivity index (χ0v) is 12.4. The van der Waals surface area contributed by atoms with Crippen molar-refractivity contribution >= 4 is 11.7 Å². The van der Waals surface area contributed by atoms with Crippen LogP contribution in [-0.2, 0) is 0 Å². The van der Waals surface area contributed by atoms with Gasteiger partial charge in [0.25, 0.3) is 0 Å². The van der Waals surface area contributed by atoms with E-state index in [1.807, 2.05) is 6.92 Å². The summed E-state index contributed by atoms with van der Waals surface area (Å²) < 4.78 is 37.0. The third-order valence-corrected chi connectivity index (χ3v) is 2.79. The maximum Gasteiger partial charge on any atom is 0.321 e. The number of benzene rings is 2. The van der Waals surface area contributed by atoms with Gasteiger partial charge in [0.1, 0.15) is 11.6 Å². The number of amides is 2. The molecule has 0 saturated carbocycles. The Balaban J connectivity index is 1.85. The summed E-state index contributed by atoms with van der Waals surface area (Å²) in [6.07, 6.45) is 0. The first-order valence-electron chi connectivity index (χ1n) is 6.94. The standard InChI is InChI=1S/C16H16F2N2O3/c1-2-22-14-5-3-4-6-15(14)23-10-19-16(21)20-13-8-7-11(17)9-12(13)18/h3-9H,2,10H2,1H3,(H2,19,20,21). The lowest BCUT2D eigenvalue weighted by atomic mass is 10.3. The molecule has 0 spiro atoms. The van der Waals surface area contributed by atoms with E-state index in [0.29, 0.717) is 24.2 Å². The minimum absolute atomic E-state index is 0.126. The lowest BCUT2D eigenvalue weighted by molar-refractivity contribution is 0.229. The molecule has 2 N–H and O–H groups in total. The number of para-hydroxylation sites is 2. The van der Waals surface area contributed by atoms with E-state index < -0.39 is 17.7 Å². The number of hydrogen-bond donors (Lipinski definition) is 2. The fourth-order valence-electron chi connectivity index (χ4n) is 1.78. The summed E-state index contributed by atoms with van der Waals surface area (Å²) in [6.45, 7) is 2.19. The van der Waals surface area contributed by atoms with E-state index in [1.165, 1.54) is 0 Å². The van der Waals surface area contributed by atoms with Crippen LogP contribution in [0.15, 0.2) is 42.5 Å².